The highest BCUT2D eigenvalue weighted by molar-refractivity contribution is 5.42. The lowest BCUT2D eigenvalue weighted by Gasteiger charge is -2.26. The van der Waals surface area contributed by atoms with Gasteiger partial charge < -0.3 is 4.90 Å². The number of aromatic amines is 1. The summed E-state index contributed by atoms with van der Waals surface area (Å²) in [6, 6.07) is 4.40. The molecule has 2 atom stereocenters. The molecule has 25 heavy (non-hydrogen) atoms. The second-order valence-corrected chi connectivity index (χ2v) is 8.09. The molecule has 132 valence electrons. The van der Waals surface area contributed by atoms with Gasteiger partial charge in [0.25, 0.3) is 0 Å². The van der Waals surface area contributed by atoms with Crippen LogP contribution in [-0.2, 0) is 6.54 Å². The number of rotatable bonds is 4. The first-order valence-electron chi connectivity index (χ1n) is 9.55. The van der Waals surface area contributed by atoms with E-state index in [9.17, 15) is 0 Å². The molecule has 2 aromatic rings. The SMILES string of the molecule is Cc1cc(CN2CC3CN(c4cc(C5CCC5)ncn4)CC3C2)n[nH]1. The average molecular weight is 338 g/mol. The van der Waals surface area contributed by atoms with Crippen molar-refractivity contribution in [3.63, 3.8) is 0 Å². The van der Waals surface area contributed by atoms with E-state index in [0.717, 1.165) is 48.7 Å². The summed E-state index contributed by atoms with van der Waals surface area (Å²) in [5, 5.41) is 7.43. The Bertz CT molecular complexity index is 738. The Hall–Kier alpha value is -1.95. The van der Waals surface area contributed by atoms with Crippen LogP contribution in [0, 0.1) is 18.8 Å². The van der Waals surface area contributed by atoms with Crippen LogP contribution in [0.5, 0.6) is 0 Å². The van der Waals surface area contributed by atoms with Crippen molar-refractivity contribution in [2.24, 2.45) is 11.8 Å². The van der Waals surface area contributed by atoms with Gasteiger partial charge in [0.05, 0.1) is 5.69 Å². The summed E-state index contributed by atoms with van der Waals surface area (Å²) in [5.74, 6) is 3.32. The van der Waals surface area contributed by atoms with Gasteiger partial charge in [0.2, 0.25) is 0 Å². The summed E-state index contributed by atoms with van der Waals surface area (Å²) in [6.07, 6.45) is 5.71. The smallest absolute Gasteiger partial charge is 0.132 e. The molecule has 1 N–H and O–H groups in total. The molecule has 3 fully saturated rings. The van der Waals surface area contributed by atoms with Crippen LogP contribution in [0.15, 0.2) is 18.5 Å². The minimum atomic E-state index is 0.677. The number of H-pyrrole nitrogens is 1. The number of hydrogen-bond donors (Lipinski definition) is 1. The Kier molecular flexibility index (Phi) is 3.73. The first kappa shape index (κ1) is 15.3. The molecule has 6 heteroatoms. The maximum Gasteiger partial charge on any atom is 0.132 e. The van der Waals surface area contributed by atoms with Crippen LogP contribution in [0.1, 0.15) is 42.3 Å². The zero-order valence-electron chi connectivity index (χ0n) is 14.9. The van der Waals surface area contributed by atoms with Gasteiger partial charge in [0, 0.05) is 56.1 Å². The molecule has 5 rings (SSSR count). The number of nitrogens with one attached hydrogen (secondary N) is 1. The van der Waals surface area contributed by atoms with Crippen LogP contribution in [0.25, 0.3) is 0 Å². The molecule has 1 saturated carbocycles. The van der Waals surface area contributed by atoms with Gasteiger partial charge in [0.1, 0.15) is 12.1 Å². The molecule has 0 bridgehead atoms. The molecule has 4 heterocycles. The quantitative estimate of drug-likeness (QED) is 0.927. The second-order valence-electron chi connectivity index (χ2n) is 8.09. The molecular weight excluding hydrogens is 312 g/mol. The predicted molar refractivity (Wildman–Crippen MR) is 96.4 cm³/mol. The second kappa shape index (κ2) is 6.09. The third kappa shape index (κ3) is 2.92. The van der Waals surface area contributed by atoms with Crippen LogP contribution in [0.3, 0.4) is 0 Å². The summed E-state index contributed by atoms with van der Waals surface area (Å²) < 4.78 is 0. The van der Waals surface area contributed by atoms with E-state index in [0.29, 0.717) is 5.92 Å². The number of hydrogen-bond acceptors (Lipinski definition) is 5. The van der Waals surface area contributed by atoms with Gasteiger partial charge in [-0.25, -0.2) is 9.97 Å². The molecule has 1 aliphatic carbocycles. The standard InChI is InChI=1S/C19H26N6/c1-13-5-17(23-22-13)11-24-7-15-9-25(10-16(15)8-24)19-6-18(20-12-21-19)14-3-2-4-14/h5-6,12,14-16H,2-4,7-11H2,1H3,(H,22,23). The zero-order chi connectivity index (χ0) is 16.8. The van der Waals surface area contributed by atoms with Crippen molar-refractivity contribution in [3.05, 3.63) is 35.5 Å². The molecular formula is C19H26N6. The number of aryl methyl sites for hydroxylation is 1. The molecule has 3 aliphatic rings. The van der Waals surface area contributed by atoms with E-state index >= 15 is 0 Å². The van der Waals surface area contributed by atoms with Crippen molar-refractivity contribution >= 4 is 5.82 Å². The monoisotopic (exact) mass is 338 g/mol. The molecule has 0 radical (unpaired) electrons. The number of likely N-dealkylation sites (tertiary alicyclic amines) is 1. The fraction of sp³-hybridized carbons (Fsp3) is 0.632. The van der Waals surface area contributed by atoms with Crippen molar-refractivity contribution in [1.29, 1.82) is 0 Å². The van der Waals surface area contributed by atoms with Crippen LogP contribution < -0.4 is 4.90 Å². The first-order valence-corrected chi connectivity index (χ1v) is 9.55. The van der Waals surface area contributed by atoms with E-state index in [1.807, 2.05) is 0 Å². The van der Waals surface area contributed by atoms with Crippen molar-refractivity contribution in [1.82, 2.24) is 25.1 Å². The topological polar surface area (TPSA) is 60.9 Å². The van der Waals surface area contributed by atoms with E-state index in [1.165, 1.54) is 38.0 Å². The van der Waals surface area contributed by atoms with Gasteiger partial charge >= 0.3 is 0 Å². The predicted octanol–water partition coefficient (Wildman–Crippen LogP) is 2.34. The lowest BCUT2D eigenvalue weighted by molar-refractivity contribution is 0.305. The molecule has 0 aromatic carbocycles. The van der Waals surface area contributed by atoms with Crippen molar-refractivity contribution in [2.45, 2.75) is 38.6 Å². The van der Waals surface area contributed by atoms with E-state index in [4.69, 9.17) is 0 Å². The largest absolute Gasteiger partial charge is 0.356 e. The lowest BCUT2D eigenvalue weighted by atomic mass is 9.83. The molecule has 0 amide bonds. The number of anilines is 1. The summed E-state index contributed by atoms with van der Waals surface area (Å²) in [6.45, 7) is 7.63. The van der Waals surface area contributed by atoms with Crippen LogP contribution in [0.4, 0.5) is 5.82 Å². The minimum absolute atomic E-state index is 0.677. The van der Waals surface area contributed by atoms with E-state index in [1.54, 1.807) is 6.33 Å². The van der Waals surface area contributed by atoms with Crippen LogP contribution >= 0.6 is 0 Å². The molecule has 2 unspecified atom stereocenters. The highest BCUT2D eigenvalue weighted by Crippen LogP contribution is 2.38. The highest BCUT2D eigenvalue weighted by atomic mass is 15.3. The molecule has 0 spiro atoms. The molecule has 2 saturated heterocycles. The summed E-state index contributed by atoms with van der Waals surface area (Å²) >= 11 is 0. The maximum atomic E-state index is 4.57. The van der Waals surface area contributed by atoms with Crippen molar-refractivity contribution in [2.75, 3.05) is 31.1 Å². The Balaban J connectivity index is 1.22. The fourth-order valence-electron chi connectivity index (χ4n) is 4.65. The molecule has 2 aromatic heterocycles. The van der Waals surface area contributed by atoms with Gasteiger partial charge in [0.15, 0.2) is 0 Å². The average Bonchev–Trinajstić information content (AvgIpc) is 3.21. The Morgan fingerprint density at radius 2 is 1.88 bits per heavy atom. The Morgan fingerprint density at radius 1 is 1.08 bits per heavy atom. The summed E-state index contributed by atoms with van der Waals surface area (Å²) in [5.41, 5.74) is 3.56. The van der Waals surface area contributed by atoms with Gasteiger partial charge in [-0.1, -0.05) is 6.42 Å². The van der Waals surface area contributed by atoms with Gasteiger partial charge in [-0.2, -0.15) is 5.10 Å². The fourth-order valence-corrected chi connectivity index (χ4v) is 4.65. The van der Waals surface area contributed by atoms with E-state index < -0.39 is 0 Å². The van der Waals surface area contributed by atoms with Gasteiger partial charge in [-0.15, -0.1) is 0 Å². The summed E-state index contributed by atoms with van der Waals surface area (Å²) in [7, 11) is 0. The molecule has 2 aliphatic heterocycles. The molecule has 6 nitrogen and oxygen atoms in total. The van der Waals surface area contributed by atoms with Crippen LogP contribution in [0.2, 0.25) is 0 Å². The highest BCUT2D eigenvalue weighted by Gasteiger charge is 2.40. The Morgan fingerprint density at radius 3 is 2.52 bits per heavy atom. The van der Waals surface area contributed by atoms with Crippen molar-refractivity contribution in [3.8, 4) is 0 Å². The lowest BCUT2D eigenvalue weighted by Crippen LogP contribution is -2.29. The van der Waals surface area contributed by atoms with Gasteiger partial charge in [-0.3, -0.25) is 10.00 Å². The number of fused-ring (bicyclic) bond motifs is 1. The third-order valence-electron chi connectivity index (χ3n) is 6.23. The van der Waals surface area contributed by atoms with Gasteiger partial charge in [-0.05, 0) is 37.7 Å². The normalized spacial score (nSPS) is 26.8. The van der Waals surface area contributed by atoms with Crippen molar-refractivity contribution < 1.29 is 0 Å². The number of aromatic nitrogens is 4. The maximum absolute atomic E-state index is 4.57. The third-order valence-corrected chi connectivity index (χ3v) is 6.23. The minimum Gasteiger partial charge on any atom is -0.356 e. The number of nitrogens with zero attached hydrogens (tertiary/aromatic N) is 5. The van der Waals surface area contributed by atoms with E-state index in [-0.39, 0.29) is 0 Å². The van der Waals surface area contributed by atoms with E-state index in [2.05, 4.69) is 49.0 Å². The summed E-state index contributed by atoms with van der Waals surface area (Å²) in [4.78, 5) is 14.1. The first-order chi connectivity index (χ1) is 12.2. The zero-order valence-corrected chi connectivity index (χ0v) is 14.9. The Labute approximate surface area is 148 Å². The van der Waals surface area contributed by atoms with Crippen LogP contribution in [-0.4, -0.2) is 51.2 Å².